The number of carbonyl (C=O) groups is 2. The summed E-state index contributed by atoms with van der Waals surface area (Å²) >= 11 is 11.8. The molecule has 0 unspecified atom stereocenters. The molecule has 0 radical (unpaired) electrons. The predicted octanol–water partition coefficient (Wildman–Crippen LogP) is 3.90. The molecular weight excluding hydrogens is 373 g/mol. The lowest BCUT2D eigenvalue weighted by Gasteiger charge is -2.23. The zero-order chi connectivity index (χ0) is 19.5. The minimum absolute atomic E-state index is 0.0221. The Morgan fingerprint density at radius 2 is 1.65 bits per heavy atom. The van der Waals surface area contributed by atoms with Crippen LogP contribution in [0.2, 0.25) is 10.0 Å². The van der Waals surface area contributed by atoms with E-state index in [1.807, 2.05) is 24.3 Å². The molecule has 0 aliphatic rings. The Balaban J connectivity index is 2.25. The van der Waals surface area contributed by atoms with Crippen molar-refractivity contribution in [3.05, 3.63) is 69.2 Å². The van der Waals surface area contributed by atoms with Crippen LogP contribution >= 0.6 is 23.2 Å². The van der Waals surface area contributed by atoms with Gasteiger partial charge in [0.25, 0.3) is 5.91 Å². The molecule has 0 fully saturated rings. The maximum absolute atomic E-state index is 12.5. The minimum Gasteiger partial charge on any atom is -0.550 e. The van der Waals surface area contributed by atoms with Gasteiger partial charge in [-0.05, 0) is 34.7 Å². The van der Waals surface area contributed by atoms with E-state index in [0.29, 0.717) is 16.1 Å². The summed E-state index contributed by atoms with van der Waals surface area (Å²) in [5, 5.41) is 14.4. The van der Waals surface area contributed by atoms with Gasteiger partial charge in [-0.3, -0.25) is 4.79 Å². The van der Waals surface area contributed by atoms with E-state index in [0.717, 1.165) is 5.56 Å². The van der Waals surface area contributed by atoms with Crippen molar-refractivity contribution in [1.29, 1.82) is 0 Å². The minimum atomic E-state index is -1.25. The van der Waals surface area contributed by atoms with Gasteiger partial charge in [-0.2, -0.15) is 0 Å². The first-order chi connectivity index (χ1) is 12.1. The third kappa shape index (κ3) is 5.23. The molecule has 0 saturated carbocycles. The smallest absolute Gasteiger partial charge is 0.251 e. The summed E-state index contributed by atoms with van der Waals surface area (Å²) in [5.41, 5.74) is 2.08. The summed E-state index contributed by atoms with van der Waals surface area (Å²) in [4.78, 5) is 23.6. The second-order valence-corrected chi connectivity index (χ2v) is 7.92. The summed E-state index contributed by atoms with van der Waals surface area (Å²) in [7, 11) is 0. The van der Waals surface area contributed by atoms with Gasteiger partial charge in [-0.25, -0.2) is 0 Å². The van der Waals surface area contributed by atoms with Crippen molar-refractivity contribution in [2.45, 2.75) is 38.6 Å². The lowest BCUT2D eigenvalue weighted by atomic mass is 9.86. The van der Waals surface area contributed by atoms with Crippen LogP contribution in [-0.2, 0) is 10.2 Å². The topological polar surface area (TPSA) is 69.2 Å². The maximum atomic E-state index is 12.5. The molecule has 0 heterocycles. The van der Waals surface area contributed by atoms with Gasteiger partial charge in [0.15, 0.2) is 0 Å². The highest BCUT2D eigenvalue weighted by atomic mass is 35.5. The SMILES string of the molecule is CC(C)(C)c1ccc([C@@H](CC(=O)[O-])NC(=O)c2ccc(Cl)c(Cl)c2)cc1. The molecule has 0 spiro atoms. The normalized spacial score (nSPS) is 12.5. The third-order valence-electron chi connectivity index (χ3n) is 4.04. The number of hydrogen-bond donors (Lipinski definition) is 1. The molecule has 138 valence electrons. The summed E-state index contributed by atoms with van der Waals surface area (Å²) in [6.07, 6.45) is -0.331. The average molecular weight is 393 g/mol. The van der Waals surface area contributed by atoms with Gasteiger partial charge in [0, 0.05) is 18.0 Å². The summed E-state index contributed by atoms with van der Waals surface area (Å²) < 4.78 is 0. The molecule has 0 bridgehead atoms. The van der Waals surface area contributed by atoms with E-state index in [2.05, 4.69) is 26.1 Å². The monoisotopic (exact) mass is 392 g/mol. The standard InChI is InChI=1S/C20H21Cl2NO3/c1-20(2,3)14-7-4-12(5-8-14)17(11-18(24)25)23-19(26)13-6-9-15(21)16(22)10-13/h4-10,17H,11H2,1-3H3,(H,23,26)(H,24,25)/p-1/t17-/m1/s1. The number of carboxylic acid groups (broad SMARTS) is 1. The zero-order valence-electron chi connectivity index (χ0n) is 14.8. The van der Waals surface area contributed by atoms with Gasteiger partial charge < -0.3 is 15.2 Å². The fraction of sp³-hybridized carbons (Fsp3) is 0.300. The Kier molecular flexibility index (Phi) is 6.32. The van der Waals surface area contributed by atoms with E-state index in [-0.39, 0.29) is 16.9 Å². The highest BCUT2D eigenvalue weighted by molar-refractivity contribution is 6.42. The molecule has 0 aromatic heterocycles. The van der Waals surface area contributed by atoms with Crippen molar-refractivity contribution in [2.75, 3.05) is 0 Å². The van der Waals surface area contributed by atoms with Gasteiger partial charge >= 0.3 is 0 Å². The van der Waals surface area contributed by atoms with Crippen molar-refractivity contribution < 1.29 is 14.7 Å². The molecule has 0 saturated heterocycles. The lowest BCUT2D eigenvalue weighted by Crippen LogP contribution is -2.34. The molecule has 1 N–H and O–H groups in total. The van der Waals surface area contributed by atoms with Gasteiger partial charge in [0.2, 0.25) is 0 Å². The number of rotatable bonds is 5. The van der Waals surface area contributed by atoms with E-state index in [1.165, 1.54) is 18.2 Å². The Morgan fingerprint density at radius 3 is 2.15 bits per heavy atom. The van der Waals surface area contributed by atoms with Gasteiger partial charge in [-0.1, -0.05) is 68.2 Å². The molecule has 0 aliphatic heterocycles. The fourth-order valence-corrected chi connectivity index (χ4v) is 2.81. The van der Waals surface area contributed by atoms with Crippen LogP contribution < -0.4 is 10.4 Å². The number of nitrogens with one attached hydrogen (secondary N) is 1. The van der Waals surface area contributed by atoms with Crippen LogP contribution in [0.25, 0.3) is 0 Å². The molecule has 2 aromatic rings. The first-order valence-electron chi connectivity index (χ1n) is 8.14. The molecule has 4 nitrogen and oxygen atoms in total. The summed E-state index contributed by atoms with van der Waals surface area (Å²) in [5.74, 6) is -1.68. The largest absolute Gasteiger partial charge is 0.550 e. The van der Waals surface area contributed by atoms with Crippen molar-refractivity contribution in [3.63, 3.8) is 0 Å². The number of amides is 1. The maximum Gasteiger partial charge on any atom is 0.251 e. The number of carboxylic acids is 1. The van der Waals surface area contributed by atoms with Crippen LogP contribution in [-0.4, -0.2) is 11.9 Å². The number of carbonyl (C=O) groups excluding carboxylic acids is 2. The fourth-order valence-electron chi connectivity index (χ4n) is 2.51. The molecule has 26 heavy (non-hydrogen) atoms. The van der Waals surface area contributed by atoms with E-state index in [1.54, 1.807) is 0 Å². The Hall–Kier alpha value is -2.04. The second-order valence-electron chi connectivity index (χ2n) is 7.10. The predicted molar refractivity (Wildman–Crippen MR) is 101 cm³/mol. The second kappa shape index (κ2) is 8.11. The van der Waals surface area contributed by atoms with Crippen molar-refractivity contribution in [1.82, 2.24) is 5.32 Å². The van der Waals surface area contributed by atoms with Crippen LogP contribution in [0.5, 0.6) is 0 Å². The molecular formula is C20H20Cl2NO3-. The van der Waals surface area contributed by atoms with Gasteiger partial charge in [-0.15, -0.1) is 0 Å². The van der Waals surface area contributed by atoms with E-state index < -0.39 is 17.9 Å². The van der Waals surface area contributed by atoms with Crippen LogP contribution in [0.15, 0.2) is 42.5 Å². The van der Waals surface area contributed by atoms with Crippen molar-refractivity contribution in [3.8, 4) is 0 Å². The van der Waals surface area contributed by atoms with Crippen LogP contribution in [0, 0.1) is 0 Å². The highest BCUT2D eigenvalue weighted by Gasteiger charge is 2.19. The third-order valence-corrected chi connectivity index (χ3v) is 4.78. The van der Waals surface area contributed by atoms with Crippen molar-refractivity contribution in [2.24, 2.45) is 0 Å². The molecule has 0 aliphatic carbocycles. The quantitative estimate of drug-likeness (QED) is 0.838. The Morgan fingerprint density at radius 1 is 1.04 bits per heavy atom. The molecule has 6 heteroatoms. The molecule has 1 atom stereocenters. The number of benzene rings is 2. The zero-order valence-corrected chi connectivity index (χ0v) is 16.3. The first kappa shape index (κ1) is 20.3. The van der Waals surface area contributed by atoms with Crippen LogP contribution in [0.1, 0.15) is 54.7 Å². The molecule has 2 rings (SSSR count). The van der Waals surface area contributed by atoms with Crippen LogP contribution in [0.4, 0.5) is 0 Å². The number of hydrogen-bond acceptors (Lipinski definition) is 3. The summed E-state index contributed by atoms with van der Waals surface area (Å²) in [6, 6.07) is 11.3. The Bertz CT molecular complexity index is 811. The van der Waals surface area contributed by atoms with E-state index >= 15 is 0 Å². The van der Waals surface area contributed by atoms with E-state index in [9.17, 15) is 14.7 Å². The number of aliphatic carboxylic acids is 1. The highest BCUT2D eigenvalue weighted by Crippen LogP contribution is 2.26. The first-order valence-corrected chi connectivity index (χ1v) is 8.89. The summed E-state index contributed by atoms with van der Waals surface area (Å²) in [6.45, 7) is 6.27. The van der Waals surface area contributed by atoms with Crippen molar-refractivity contribution >= 4 is 35.1 Å². The molecule has 2 aromatic carbocycles. The van der Waals surface area contributed by atoms with Gasteiger partial charge in [0.1, 0.15) is 0 Å². The average Bonchev–Trinajstić information content (AvgIpc) is 2.55. The number of halogens is 2. The van der Waals surface area contributed by atoms with Crippen LogP contribution in [0.3, 0.4) is 0 Å². The van der Waals surface area contributed by atoms with Gasteiger partial charge in [0.05, 0.1) is 16.1 Å². The lowest BCUT2D eigenvalue weighted by molar-refractivity contribution is -0.306. The Labute approximate surface area is 163 Å². The molecule has 1 amide bonds. The van der Waals surface area contributed by atoms with E-state index in [4.69, 9.17) is 23.2 Å².